The molecule has 1 atom stereocenters. The molecule has 6 nitrogen and oxygen atoms in total. The maximum Gasteiger partial charge on any atom is 0.255 e. The number of pyridine rings is 1. The number of aromatic nitrogens is 1. The molecule has 1 fully saturated rings. The third-order valence-electron chi connectivity index (χ3n) is 4.01. The number of nitrogens with one attached hydrogen (secondary N) is 2. The van der Waals surface area contributed by atoms with Crippen LogP contribution in [0, 0.1) is 0 Å². The maximum absolute atomic E-state index is 11.2. The van der Waals surface area contributed by atoms with E-state index in [1.807, 2.05) is 0 Å². The second-order valence-corrected chi connectivity index (χ2v) is 8.10. The van der Waals surface area contributed by atoms with Crippen molar-refractivity contribution in [1.82, 2.24) is 10.3 Å². The summed E-state index contributed by atoms with van der Waals surface area (Å²) in [5, 5.41) is 11.8. The average molecular weight is 326 g/mol. The molecule has 7 heteroatoms. The van der Waals surface area contributed by atoms with Crippen LogP contribution in [0.15, 0.2) is 23.2 Å². The number of sulfonamides is 1. The first-order valence-corrected chi connectivity index (χ1v) is 9.32. The molecular formula is C15H26N4O2S. The van der Waals surface area contributed by atoms with Gasteiger partial charge >= 0.3 is 0 Å². The van der Waals surface area contributed by atoms with Gasteiger partial charge in [-0.05, 0) is 51.7 Å². The molecule has 0 aliphatic carbocycles. The molecule has 0 aromatic carbocycles. The number of nitrogens with zero attached hydrogens (tertiary/aromatic N) is 1. The lowest BCUT2D eigenvalue weighted by molar-refractivity contribution is 0.413. The van der Waals surface area contributed by atoms with Crippen molar-refractivity contribution in [3.63, 3.8) is 0 Å². The first-order valence-electron chi connectivity index (χ1n) is 7.78. The van der Waals surface area contributed by atoms with Gasteiger partial charge in [0.05, 0.1) is 0 Å². The lowest BCUT2D eigenvalue weighted by Crippen LogP contribution is -2.37. The van der Waals surface area contributed by atoms with Gasteiger partial charge in [0.15, 0.2) is 5.03 Å². The Bertz CT molecular complexity index is 601. The van der Waals surface area contributed by atoms with E-state index in [9.17, 15) is 8.42 Å². The van der Waals surface area contributed by atoms with Crippen molar-refractivity contribution in [2.45, 2.75) is 62.6 Å². The van der Waals surface area contributed by atoms with Crippen LogP contribution in [0.3, 0.4) is 0 Å². The molecule has 1 aliphatic rings. The average Bonchev–Trinajstić information content (AvgIpc) is 2.77. The van der Waals surface area contributed by atoms with E-state index in [1.165, 1.54) is 25.3 Å². The SMILES string of the molecule is CC1(C)CCC(CCCCNc2cccc(S(N)(=O)=O)n2)N1. The van der Waals surface area contributed by atoms with E-state index in [2.05, 4.69) is 29.5 Å². The Morgan fingerprint density at radius 3 is 2.82 bits per heavy atom. The molecule has 4 N–H and O–H groups in total. The van der Waals surface area contributed by atoms with Crippen molar-refractivity contribution in [3.8, 4) is 0 Å². The molecule has 2 rings (SSSR count). The molecule has 2 heterocycles. The van der Waals surface area contributed by atoms with Crippen molar-refractivity contribution >= 4 is 15.8 Å². The maximum atomic E-state index is 11.2. The van der Waals surface area contributed by atoms with Crippen molar-refractivity contribution in [1.29, 1.82) is 0 Å². The highest BCUT2D eigenvalue weighted by Crippen LogP contribution is 2.24. The number of rotatable bonds is 7. The minimum Gasteiger partial charge on any atom is -0.370 e. The number of primary sulfonamides is 1. The number of unbranched alkanes of at least 4 members (excludes halogenated alkanes) is 1. The Labute approximate surface area is 132 Å². The smallest absolute Gasteiger partial charge is 0.255 e. The molecule has 0 amide bonds. The highest BCUT2D eigenvalue weighted by molar-refractivity contribution is 7.89. The van der Waals surface area contributed by atoms with E-state index in [0.29, 0.717) is 11.9 Å². The Morgan fingerprint density at radius 2 is 2.18 bits per heavy atom. The third-order valence-corrected chi connectivity index (χ3v) is 4.82. The van der Waals surface area contributed by atoms with Crippen molar-refractivity contribution in [3.05, 3.63) is 18.2 Å². The molecule has 0 saturated carbocycles. The number of hydrogen-bond acceptors (Lipinski definition) is 5. The molecule has 0 spiro atoms. The quantitative estimate of drug-likeness (QED) is 0.664. The molecule has 1 saturated heterocycles. The zero-order chi connectivity index (χ0) is 16.2. The Hall–Kier alpha value is -1.18. The summed E-state index contributed by atoms with van der Waals surface area (Å²) in [5.41, 5.74) is 0.279. The van der Waals surface area contributed by atoms with Crippen LogP contribution in [0.4, 0.5) is 5.82 Å². The van der Waals surface area contributed by atoms with Gasteiger partial charge in [0.1, 0.15) is 5.82 Å². The molecule has 1 aromatic heterocycles. The summed E-state index contributed by atoms with van der Waals surface area (Å²) in [5.74, 6) is 0.548. The van der Waals surface area contributed by atoms with Gasteiger partial charge in [-0.1, -0.05) is 12.5 Å². The van der Waals surface area contributed by atoms with Gasteiger partial charge in [-0.15, -0.1) is 0 Å². The summed E-state index contributed by atoms with van der Waals surface area (Å²) in [6.07, 6.45) is 5.82. The predicted octanol–water partition coefficient (Wildman–Crippen LogP) is 1.84. The van der Waals surface area contributed by atoms with E-state index >= 15 is 0 Å². The van der Waals surface area contributed by atoms with Crippen LogP contribution in [0.5, 0.6) is 0 Å². The number of nitrogens with two attached hydrogens (primary N) is 1. The summed E-state index contributed by atoms with van der Waals surface area (Å²) < 4.78 is 22.5. The summed E-state index contributed by atoms with van der Waals surface area (Å²) in [6.45, 7) is 5.27. The van der Waals surface area contributed by atoms with Crippen LogP contribution >= 0.6 is 0 Å². The molecular weight excluding hydrogens is 300 g/mol. The minimum atomic E-state index is -3.74. The van der Waals surface area contributed by atoms with E-state index in [1.54, 1.807) is 12.1 Å². The minimum absolute atomic E-state index is 0.102. The van der Waals surface area contributed by atoms with E-state index in [0.717, 1.165) is 19.4 Å². The van der Waals surface area contributed by atoms with Gasteiger partial charge in [0.2, 0.25) is 0 Å². The fourth-order valence-electron chi connectivity index (χ4n) is 2.85. The van der Waals surface area contributed by atoms with Gasteiger partial charge in [0, 0.05) is 18.1 Å². The van der Waals surface area contributed by atoms with Crippen molar-refractivity contribution < 1.29 is 8.42 Å². The standard InChI is InChI=1S/C15H26N4O2S/c1-15(2)10-9-12(19-15)6-3-4-11-17-13-7-5-8-14(18-13)22(16,20)21/h5,7-8,12,19H,3-4,6,9-11H2,1-2H3,(H,17,18)(H2,16,20,21). The molecule has 1 unspecified atom stereocenters. The van der Waals surface area contributed by atoms with Crippen LogP contribution < -0.4 is 15.8 Å². The fourth-order valence-corrected chi connectivity index (χ4v) is 3.35. The highest BCUT2D eigenvalue weighted by atomic mass is 32.2. The van der Waals surface area contributed by atoms with E-state index < -0.39 is 10.0 Å². The molecule has 22 heavy (non-hydrogen) atoms. The summed E-state index contributed by atoms with van der Waals surface area (Å²) in [6, 6.07) is 5.41. The number of hydrogen-bond donors (Lipinski definition) is 3. The predicted molar refractivity (Wildman–Crippen MR) is 88.2 cm³/mol. The monoisotopic (exact) mass is 326 g/mol. The normalized spacial score (nSPS) is 21.0. The van der Waals surface area contributed by atoms with Crippen LogP contribution in [-0.2, 0) is 10.0 Å². The molecule has 0 bridgehead atoms. The number of anilines is 1. The largest absolute Gasteiger partial charge is 0.370 e. The molecule has 1 aliphatic heterocycles. The van der Waals surface area contributed by atoms with Gasteiger partial charge < -0.3 is 10.6 Å². The van der Waals surface area contributed by atoms with Gasteiger partial charge in [-0.2, -0.15) is 0 Å². The van der Waals surface area contributed by atoms with Crippen LogP contribution in [0.25, 0.3) is 0 Å². The van der Waals surface area contributed by atoms with Crippen LogP contribution in [0.2, 0.25) is 0 Å². The Balaban J connectivity index is 1.69. The van der Waals surface area contributed by atoms with Crippen molar-refractivity contribution in [2.75, 3.05) is 11.9 Å². The Morgan fingerprint density at radius 1 is 1.41 bits per heavy atom. The summed E-state index contributed by atoms with van der Waals surface area (Å²) >= 11 is 0. The zero-order valence-electron chi connectivity index (χ0n) is 13.3. The second kappa shape index (κ2) is 6.93. The topological polar surface area (TPSA) is 97.1 Å². The zero-order valence-corrected chi connectivity index (χ0v) is 14.1. The van der Waals surface area contributed by atoms with Gasteiger partial charge in [0.25, 0.3) is 10.0 Å². The van der Waals surface area contributed by atoms with Crippen LogP contribution in [-0.4, -0.2) is 31.5 Å². The molecule has 1 aromatic rings. The van der Waals surface area contributed by atoms with E-state index in [-0.39, 0.29) is 10.6 Å². The first-order chi connectivity index (χ1) is 10.3. The Kier molecular flexibility index (Phi) is 5.41. The third kappa shape index (κ3) is 5.23. The lowest BCUT2D eigenvalue weighted by Gasteiger charge is -2.20. The van der Waals surface area contributed by atoms with Crippen molar-refractivity contribution in [2.24, 2.45) is 5.14 Å². The van der Waals surface area contributed by atoms with Gasteiger partial charge in [-0.3, -0.25) is 0 Å². The highest BCUT2D eigenvalue weighted by Gasteiger charge is 2.28. The molecule has 0 radical (unpaired) electrons. The lowest BCUT2D eigenvalue weighted by atomic mass is 10.0. The summed E-state index contributed by atoms with van der Waals surface area (Å²) in [4.78, 5) is 4.00. The van der Waals surface area contributed by atoms with Gasteiger partial charge in [-0.25, -0.2) is 18.5 Å². The molecule has 124 valence electrons. The fraction of sp³-hybridized carbons (Fsp3) is 0.667. The van der Waals surface area contributed by atoms with E-state index in [4.69, 9.17) is 5.14 Å². The first kappa shape index (κ1) is 17.2. The summed E-state index contributed by atoms with van der Waals surface area (Å²) in [7, 11) is -3.74. The second-order valence-electron chi connectivity index (χ2n) is 6.59. The van der Waals surface area contributed by atoms with Crippen LogP contribution in [0.1, 0.15) is 46.0 Å².